The molecular weight excluding hydrogens is 408 g/mol. The van der Waals surface area contributed by atoms with E-state index in [2.05, 4.69) is 0 Å². The molecule has 5 rings (SSSR count). The zero-order valence-electron chi connectivity index (χ0n) is 18.2. The minimum Gasteiger partial charge on any atom is -0.493 e. The number of fused-ring (bicyclic) bond motifs is 2. The van der Waals surface area contributed by atoms with Crippen LogP contribution in [0, 0.1) is 5.92 Å². The fourth-order valence-electron chi connectivity index (χ4n) is 4.98. The summed E-state index contributed by atoms with van der Waals surface area (Å²) >= 11 is 0. The first-order valence-electron chi connectivity index (χ1n) is 10.4. The number of hydrogen-bond donors (Lipinski definition) is 0. The molecule has 0 N–H and O–H groups in total. The van der Waals surface area contributed by atoms with E-state index in [9.17, 15) is 4.79 Å². The highest BCUT2D eigenvalue weighted by Crippen LogP contribution is 2.56. The predicted octanol–water partition coefficient (Wildman–Crippen LogP) is 4.50. The van der Waals surface area contributed by atoms with E-state index in [4.69, 9.17) is 23.7 Å². The zero-order chi connectivity index (χ0) is 22.2. The van der Waals surface area contributed by atoms with Gasteiger partial charge in [0.15, 0.2) is 23.0 Å². The molecule has 0 radical (unpaired) electrons. The maximum atomic E-state index is 13.3. The second-order valence-electron chi connectivity index (χ2n) is 7.86. The molecule has 32 heavy (non-hydrogen) atoms. The molecule has 6 heteroatoms. The summed E-state index contributed by atoms with van der Waals surface area (Å²) in [6.45, 7) is 0.193. The Balaban J connectivity index is 1.76. The quantitative estimate of drug-likeness (QED) is 0.553. The Bertz CT molecular complexity index is 1160. The van der Waals surface area contributed by atoms with Crippen molar-refractivity contribution in [2.24, 2.45) is 5.92 Å². The third-order valence-electron chi connectivity index (χ3n) is 6.37. The first-order valence-corrected chi connectivity index (χ1v) is 10.4. The SMILES string of the molecule is COC(=O)[C@@H]1[C@H](c2ccccc2)c2cc(OC)c(OC)cc2[C@H]1c1ccc2c(c1)OCO2. The maximum Gasteiger partial charge on any atom is 0.310 e. The van der Waals surface area contributed by atoms with Crippen molar-refractivity contribution in [3.8, 4) is 23.0 Å². The first-order chi connectivity index (χ1) is 15.7. The standard InChI is InChI=1S/C26H24O6/c1-28-20-12-17-18(13-21(20)29-2)24(16-9-10-19-22(11-16)32-14-31-19)25(26(27)30-3)23(17)15-7-5-4-6-8-15/h4-13,23-25H,14H2,1-3H3/t23-,24-,25-/m1/s1. The molecule has 0 aromatic heterocycles. The van der Waals surface area contributed by atoms with Crippen LogP contribution in [0.1, 0.15) is 34.1 Å². The lowest BCUT2D eigenvalue weighted by Crippen LogP contribution is -2.25. The Morgan fingerprint density at radius 3 is 2.03 bits per heavy atom. The topological polar surface area (TPSA) is 63.2 Å². The molecule has 0 bridgehead atoms. The number of ether oxygens (including phenoxy) is 5. The summed E-state index contributed by atoms with van der Waals surface area (Å²) < 4.78 is 27.6. The number of esters is 1. The molecule has 0 saturated carbocycles. The molecule has 0 amide bonds. The third kappa shape index (κ3) is 3.14. The molecule has 0 fully saturated rings. The number of hydrogen-bond acceptors (Lipinski definition) is 6. The largest absolute Gasteiger partial charge is 0.493 e. The molecule has 3 aromatic rings. The first kappa shape index (κ1) is 20.2. The predicted molar refractivity (Wildman–Crippen MR) is 118 cm³/mol. The van der Waals surface area contributed by atoms with Gasteiger partial charge in [-0.2, -0.15) is 0 Å². The van der Waals surface area contributed by atoms with E-state index < -0.39 is 5.92 Å². The van der Waals surface area contributed by atoms with E-state index in [0.717, 1.165) is 22.3 Å². The van der Waals surface area contributed by atoms with Gasteiger partial charge < -0.3 is 23.7 Å². The minimum atomic E-state index is -0.463. The van der Waals surface area contributed by atoms with Gasteiger partial charge in [0.1, 0.15) is 0 Å². The number of carbonyl (C=O) groups is 1. The fourth-order valence-corrected chi connectivity index (χ4v) is 4.98. The molecule has 3 aromatic carbocycles. The van der Waals surface area contributed by atoms with Crippen LogP contribution in [-0.2, 0) is 9.53 Å². The Morgan fingerprint density at radius 1 is 0.781 bits per heavy atom. The van der Waals surface area contributed by atoms with Crippen molar-refractivity contribution in [3.05, 3.63) is 82.9 Å². The summed E-state index contributed by atoms with van der Waals surface area (Å²) in [6.07, 6.45) is 0. The van der Waals surface area contributed by atoms with Gasteiger partial charge in [-0.25, -0.2) is 0 Å². The molecule has 0 saturated heterocycles. The highest BCUT2D eigenvalue weighted by atomic mass is 16.7. The summed E-state index contributed by atoms with van der Waals surface area (Å²) in [5.74, 6) is 1.44. The molecular formula is C26H24O6. The highest BCUT2D eigenvalue weighted by Gasteiger charge is 2.48. The van der Waals surface area contributed by atoms with Crippen molar-refractivity contribution in [1.82, 2.24) is 0 Å². The van der Waals surface area contributed by atoms with Gasteiger partial charge in [0.2, 0.25) is 6.79 Å². The van der Waals surface area contributed by atoms with Crippen LogP contribution in [0.3, 0.4) is 0 Å². The highest BCUT2D eigenvalue weighted by molar-refractivity contribution is 5.80. The average Bonchev–Trinajstić information content (AvgIpc) is 3.44. The van der Waals surface area contributed by atoms with Crippen molar-refractivity contribution >= 4 is 5.97 Å². The van der Waals surface area contributed by atoms with Crippen molar-refractivity contribution in [2.75, 3.05) is 28.1 Å². The molecule has 1 aliphatic heterocycles. The van der Waals surface area contributed by atoms with E-state index in [-0.39, 0.29) is 24.6 Å². The van der Waals surface area contributed by atoms with Crippen molar-refractivity contribution in [3.63, 3.8) is 0 Å². The van der Waals surface area contributed by atoms with Crippen LogP contribution < -0.4 is 18.9 Å². The van der Waals surface area contributed by atoms with Crippen LogP contribution >= 0.6 is 0 Å². The lowest BCUT2D eigenvalue weighted by Gasteiger charge is -2.24. The number of benzene rings is 3. The number of rotatable bonds is 5. The summed E-state index contributed by atoms with van der Waals surface area (Å²) in [6, 6.07) is 19.8. The summed E-state index contributed by atoms with van der Waals surface area (Å²) in [7, 11) is 4.66. The van der Waals surface area contributed by atoms with E-state index in [0.29, 0.717) is 23.0 Å². The van der Waals surface area contributed by atoms with Crippen molar-refractivity contribution in [2.45, 2.75) is 11.8 Å². The summed E-state index contributed by atoms with van der Waals surface area (Å²) in [5.41, 5.74) is 4.02. The van der Waals surface area contributed by atoms with Gasteiger partial charge in [-0.1, -0.05) is 36.4 Å². The van der Waals surface area contributed by atoms with Gasteiger partial charge in [0, 0.05) is 11.8 Å². The Morgan fingerprint density at radius 2 is 1.41 bits per heavy atom. The Hall–Kier alpha value is -3.67. The summed E-state index contributed by atoms with van der Waals surface area (Å²) in [5, 5.41) is 0. The van der Waals surface area contributed by atoms with Gasteiger partial charge in [-0.3, -0.25) is 4.79 Å². The lowest BCUT2D eigenvalue weighted by molar-refractivity contribution is -0.146. The van der Waals surface area contributed by atoms with Crippen LogP contribution in [0.2, 0.25) is 0 Å². The smallest absolute Gasteiger partial charge is 0.310 e. The van der Waals surface area contributed by atoms with Gasteiger partial charge in [-0.05, 0) is 46.5 Å². The Labute approximate surface area is 186 Å². The molecule has 2 aliphatic rings. The van der Waals surface area contributed by atoms with E-state index in [1.165, 1.54) is 7.11 Å². The van der Waals surface area contributed by atoms with Crippen LogP contribution in [0.15, 0.2) is 60.7 Å². The van der Waals surface area contributed by atoms with Gasteiger partial charge in [-0.15, -0.1) is 0 Å². The van der Waals surface area contributed by atoms with E-state index >= 15 is 0 Å². The molecule has 164 valence electrons. The van der Waals surface area contributed by atoms with Gasteiger partial charge >= 0.3 is 5.97 Å². The van der Waals surface area contributed by atoms with Crippen LogP contribution in [0.25, 0.3) is 0 Å². The number of methoxy groups -OCH3 is 3. The van der Waals surface area contributed by atoms with E-state index in [1.807, 2.05) is 60.7 Å². The molecule has 3 atom stereocenters. The minimum absolute atomic E-state index is 0.193. The van der Waals surface area contributed by atoms with Crippen LogP contribution in [-0.4, -0.2) is 34.1 Å². The second kappa shape index (κ2) is 8.11. The summed E-state index contributed by atoms with van der Waals surface area (Å²) in [4.78, 5) is 13.3. The molecule has 0 unspecified atom stereocenters. The third-order valence-corrected chi connectivity index (χ3v) is 6.37. The molecule has 6 nitrogen and oxygen atoms in total. The fraction of sp³-hybridized carbons (Fsp3) is 0.269. The molecule has 1 heterocycles. The van der Waals surface area contributed by atoms with Gasteiger partial charge in [0.05, 0.1) is 27.2 Å². The molecule has 1 aliphatic carbocycles. The Kier molecular flexibility index (Phi) is 5.13. The van der Waals surface area contributed by atoms with Crippen LogP contribution in [0.4, 0.5) is 0 Å². The monoisotopic (exact) mass is 432 g/mol. The van der Waals surface area contributed by atoms with Crippen molar-refractivity contribution in [1.29, 1.82) is 0 Å². The van der Waals surface area contributed by atoms with Crippen molar-refractivity contribution < 1.29 is 28.5 Å². The van der Waals surface area contributed by atoms with Gasteiger partial charge in [0.25, 0.3) is 0 Å². The average molecular weight is 432 g/mol. The second-order valence-corrected chi connectivity index (χ2v) is 7.86. The zero-order valence-corrected chi connectivity index (χ0v) is 18.2. The number of carbonyl (C=O) groups excluding carboxylic acids is 1. The normalized spacial score (nSPS) is 20.5. The molecule has 0 spiro atoms. The lowest BCUT2D eigenvalue weighted by atomic mass is 9.79. The van der Waals surface area contributed by atoms with Crippen LogP contribution in [0.5, 0.6) is 23.0 Å². The van der Waals surface area contributed by atoms with E-state index in [1.54, 1.807) is 14.2 Å². The maximum absolute atomic E-state index is 13.3.